The summed E-state index contributed by atoms with van der Waals surface area (Å²) < 4.78 is 26.5. The largest absolute Gasteiger partial charge is 0.494 e. The van der Waals surface area contributed by atoms with Crippen LogP contribution in [0, 0.1) is 0 Å². The quantitative estimate of drug-likeness (QED) is 0.240. The van der Waals surface area contributed by atoms with Gasteiger partial charge in [0.2, 0.25) is 0 Å². The molecule has 7 heteroatoms. The number of unbranched alkanes of at least 4 members (excludes halogenated alkanes) is 1. The second-order valence-electron chi connectivity index (χ2n) is 7.28. The molecule has 1 aliphatic heterocycles. The molecule has 2 aromatic rings. The molecular weight excluding hydrogens is 388 g/mol. The van der Waals surface area contributed by atoms with E-state index in [-0.39, 0.29) is 5.60 Å². The van der Waals surface area contributed by atoms with Crippen molar-refractivity contribution >= 4 is 11.9 Å². The van der Waals surface area contributed by atoms with E-state index in [2.05, 4.69) is 4.74 Å². The van der Waals surface area contributed by atoms with Crippen LogP contribution in [-0.4, -0.2) is 51.1 Å². The zero-order valence-electron chi connectivity index (χ0n) is 17.2. The molecule has 1 fully saturated rings. The molecule has 30 heavy (non-hydrogen) atoms. The number of carbonyl (C=O) groups excluding carboxylic acids is 2. The predicted octanol–water partition coefficient (Wildman–Crippen LogP) is 3.66. The topological polar surface area (TPSA) is 83.6 Å². The van der Waals surface area contributed by atoms with Crippen LogP contribution < -0.4 is 9.47 Å². The van der Waals surface area contributed by atoms with Crippen molar-refractivity contribution in [1.29, 1.82) is 0 Å². The maximum Gasteiger partial charge on any atom is 0.343 e. The van der Waals surface area contributed by atoms with Crippen molar-refractivity contribution < 1.29 is 33.3 Å². The van der Waals surface area contributed by atoms with Crippen molar-refractivity contribution in [1.82, 2.24) is 0 Å². The number of epoxide rings is 1. The summed E-state index contributed by atoms with van der Waals surface area (Å²) in [4.78, 5) is 23.7. The van der Waals surface area contributed by atoms with E-state index in [0.717, 1.165) is 19.4 Å². The molecule has 0 bridgehead atoms. The molecule has 1 unspecified atom stereocenters. The normalized spacial score (nSPS) is 17.3. The minimum atomic E-state index is -0.488. The summed E-state index contributed by atoms with van der Waals surface area (Å²) in [6.45, 7) is 4.72. The van der Waals surface area contributed by atoms with Crippen molar-refractivity contribution in [3.63, 3.8) is 0 Å². The Morgan fingerprint density at radius 2 is 1.47 bits per heavy atom. The first-order chi connectivity index (χ1) is 14.5. The maximum atomic E-state index is 12.3. The van der Waals surface area contributed by atoms with Gasteiger partial charge in [-0.1, -0.05) is 0 Å². The number of hydrogen-bond acceptors (Lipinski definition) is 7. The second-order valence-corrected chi connectivity index (χ2v) is 7.28. The average Bonchev–Trinajstić information content (AvgIpc) is 3.50. The first-order valence-electron chi connectivity index (χ1n) is 9.84. The van der Waals surface area contributed by atoms with Gasteiger partial charge in [-0.2, -0.15) is 0 Å². The third-order valence-electron chi connectivity index (χ3n) is 4.57. The number of rotatable bonds is 11. The lowest BCUT2D eigenvalue weighted by Gasteiger charge is -2.09. The molecule has 0 amide bonds. The summed E-state index contributed by atoms with van der Waals surface area (Å²) in [6, 6.07) is 12.9. The van der Waals surface area contributed by atoms with Gasteiger partial charge in [0.1, 0.15) is 17.1 Å². The minimum absolute atomic E-state index is 0.0636. The fourth-order valence-corrected chi connectivity index (χ4v) is 2.62. The molecule has 160 valence electrons. The van der Waals surface area contributed by atoms with Crippen LogP contribution in [0.4, 0.5) is 0 Å². The molecule has 1 atom stereocenters. The summed E-state index contributed by atoms with van der Waals surface area (Å²) in [5, 5.41) is 0. The SMILES string of the molecule is COC(=O)c1ccc(OC(=O)c2ccc(OCCCCOCC3(C)CO3)cc2)cc1. The first-order valence-corrected chi connectivity index (χ1v) is 9.84. The molecule has 1 heterocycles. The number of ether oxygens (including phenoxy) is 5. The Morgan fingerprint density at radius 3 is 2.07 bits per heavy atom. The molecular formula is C23H26O7. The van der Waals surface area contributed by atoms with Gasteiger partial charge in [-0.15, -0.1) is 0 Å². The maximum absolute atomic E-state index is 12.3. The monoisotopic (exact) mass is 414 g/mol. The third kappa shape index (κ3) is 6.57. The lowest BCUT2D eigenvalue weighted by molar-refractivity contribution is 0.0600. The van der Waals surface area contributed by atoms with Gasteiger partial charge in [0.15, 0.2) is 0 Å². The van der Waals surface area contributed by atoms with Gasteiger partial charge in [0.05, 0.1) is 38.1 Å². The number of hydrogen-bond donors (Lipinski definition) is 0. The summed E-state index contributed by atoms with van der Waals surface area (Å²) in [7, 11) is 1.31. The molecule has 3 rings (SSSR count). The van der Waals surface area contributed by atoms with Crippen LogP contribution in [0.15, 0.2) is 48.5 Å². The fourth-order valence-electron chi connectivity index (χ4n) is 2.62. The third-order valence-corrected chi connectivity index (χ3v) is 4.57. The number of benzene rings is 2. The van der Waals surface area contributed by atoms with E-state index in [1.807, 2.05) is 6.92 Å². The molecule has 0 radical (unpaired) electrons. The van der Waals surface area contributed by atoms with Crippen molar-refractivity contribution in [2.24, 2.45) is 0 Å². The van der Waals surface area contributed by atoms with Crippen LogP contribution in [0.5, 0.6) is 11.5 Å². The van der Waals surface area contributed by atoms with Crippen molar-refractivity contribution in [2.45, 2.75) is 25.4 Å². The molecule has 0 aliphatic carbocycles. The lowest BCUT2D eigenvalue weighted by Crippen LogP contribution is -2.15. The van der Waals surface area contributed by atoms with E-state index in [0.29, 0.717) is 42.4 Å². The Morgan fingerprint density at radius 1 is 0.900 bits per heavy atom. The average molecular weight is 414 g/mol. The van der Waals surface area contributed by atoms with Crippen molar-refractivity contribution in [2.75, 3.05) is 33.5 Å². The molecule has 1 saturated heterocycles. The highest BCUT2D eigenvalue weighted by Crippen LogP contribution is 2.25. The zero-order chi connectivity index (χ0) is 21.4. The van der Waals surface area contributed by atoms with E-state index >= 15 is 0 Å². The molecule has 0 spiro atoms. The lowest BCUT2D eigenvalue weighted by atomic mass is 10.2. The van der Waals surface area contributed by atoms with E-state index in [1.165, 1.54) is 19.2 Å². The Balaban J connectivity index is 1.36. The van der Waals surface area contributed by atoms with Crippen LogP contribution in [0.3, 0.4) is 0 Å². The first kappa shape index (κ1) is 21.8. The van der Waals surface area contributed by atoms with E-state index < -0.39 is 11.9 Å². The molecule has 0 saturated carbocycles. The van der Waals surface area contributed by atoms with Gasteiger partial charge in [-0.05, 0) is 68.3 Å². The predicted molar refractivity (Wildman–Crippen MR) is 109 cm³/mol. The standard InChI is InChI=1S/C23H26O7/c1-23(16-29-23)15-27-13-3-4-14-28-19-9-5-18(6-10-19)22(25)30-20-11-7-17(8-12-20)21(24)26-2/h5-12H,3-4,13-16H2,1-2H3. The van der Waals surface area contributed by atoms with Crippen molar-refractivity contribution in [3.8, 4) is 11.5 Å². The number of esters is 2. The van der Waals surface area contributed by atoms with Gasteiger partial charge in [-0.25, -0.2) is 9.59 Å². The van der Waals surface area contributed by atoms with E-state index in [4.69, 9.17) is 18.9 Å². The van der Waals surface area contributed by atoms with Gasteiger partial charge in [0.25, 0.3) is 0 Å². The Labute approximate surface area is 175 Å². The fraction of sp³-hybridized carbons (Fsp3) is 0.391. The van der Waals surface area contributed by atoms with Crippen LogP contribution in [0.1, 0.15) is 40.5 Å². The summed E-state index contributed by atoms with van der Waals surface area (Å²) in [5.41, 5.74) is 0.728. The highest BCUT2D eigenvalue weighted by Gasteiger charge is 2.39. The van der Waals surface area contributed by atoms with Crippen LogP contribution in [0.2, 0.25) is 0 Å². The summed E-state index contributed by atoms with van der Waals surface area (Å²) in [6.07, 6.45) is 1.79. The van der Waals surface area contributed by atoms with Gasteiger partial charge in [0, 0.05) is 6.61 Å². The van der Waals surface area contributed by atoms with Crippen LogP contribution in [-0.2, 0) is 14.2 Å². The molecule has 0 aromatic heterocycles. The highest BCUT2D eigenvalue weighted by molar-refractivity contribution is 5.92. The Bertz CT molecular complexity index is 839. The summed E-state index contributed by atoms with van der Waals surface area (Å²) >= 11 is 0. The number of carbonyl (C=O) groups is 2. The molecule has 7 nitrogen and oxygen atoms in total. The van der Waals surface area contributed by atoms with E-state index in [1.54, 1.807) is 36.4 Å². The molecule has 1 aliphatic rings. The molecule has 0 N–H and O–H groups in total. The minimum Gasteiger partial charge on any atom is -0.494 e. The number of methoxy groups -OCH3 is 1. The smallest absolute Gasteiger partial charge is 0.343 e. The Kier molecular flexibility index (Phi) is 7.43. The Hall–Kier alpha value is -2.90. The van der Waals surface area contributed by atoms with Crippen LogP contribution >= 0.6 is 0 Å². The molecule has 2 aromatic carbocycles. The van der Waals surface area contributed by atoms with Crippen LogP contribution in [0.25, 0.3) is 0 Å². The van der Waals surface area contributed by atoms with Gasteiger partial charge < -0.3 is 23.7 Å². The van der Waals surface area contributed by atoms with Gasteiger partial charge in [-0.3, -0.25) is 0 Å². The zero-order valence-corrected chi connectivity index (χ0v) is 17.2. The highest BCUT2D eigenvalue weighted by atomic mass is 16.6. The second kappa shape index (κ2) is 10.2. The summed E-state index contributed by atoms with van der Waals surface area (Å²) in [5.74, 6) is 0.0993. The van der Waals surface area contributed by atoms with Crippen molar-refractivity contribution in [3.05, 3.63) is 59.7 Å². The van der Waals surface area contributed by atoms with Gasteiger partial charge >= 0.3 is 11.9 Å². The van der Waals surface area contributed by atoms with E-state index in [9.17, 15) is 9.59 Å².